The summed E-state index contributed by atoms with van der Waals surface area (Å²) < 4.78 is 10.9. The van der Waals surface area contributed by atoms with Crippen molar-refractivity contribution in [2.24, 2.45) is 0 Å². The molecule has 5 heteroatoms. The number of piperidine rings is 1. The summed E-state index contributed by atoms with van der Waals surface area (Å²) in [6.45, 7) is 2.35. The maximum Gasteiger partial charge on any atom is 0.251 e. The van der Waals surface area contributed by atoms with E-state index in [1.807, 2.05) is 17.0 Å². The lowest BCUT2D eigenvalue weighted by atomic mass is 9.94. The Morgan fingerprint density at radius 3 is 3.00 bits per heavy atom. The number of H-pyrrole nitrogens is 1. The van der Waals surface area contributed by atoms with Crippen molar-refractivity contribution in [3.05, 3.63) is 30.0 Å². The zero-order valence-corrected chi connectivity index (χ0v) is 14.1. The molecule has 0 spiro atoms. The number of likely N-dealkylation sites (tertiary alicyclic amines) is 1. The molecule has 1 N–H and O–H groups in total. The third-order valence-corrected chi connectivity index (χ3v) is 5.23. The minimum Gasteiger partial charge on any atom is -0.497 e. The first-order valence-electron chi connectivity index (χ1n) is 8.81. The molecular weight excluding hydrogens is 304 g/mol. The van der Waals surface area contributed by atoms with Gasteiger partial charge in [0.1, 0.15) is 11.9 Å². The predicted molar refractivity (Wildman–Crippen MR) is 92.4 cm³/mol. The van der Waals surface area contributed by atoms with Gasteiger partial charge in [-0.1, -0.05) is 0 Å². The fourth-order valence-electron chi connectivity index (χ4n) is 3.89. The molecule has 128 valence electrons. The molecular formula is C19H24N2O3. The van der Waals surface area contributed by atoms with E-state index in [1.54, 1.807) is 7.11 Å². The number of hydrogen-bond acceptors (Lipinski definition) is 3. The number of methoxy groups -OCH3 is 1. The number of nitrogens with one attached hydrogen (secondary N) is 1. The molecule has 0 bridgehead atoms. The van der Waals surface area contributed by atoms with Crippen LogP contribution in [0.3, 0.4) is 0 Å². The third-order valence-electron chi connectivity index (χ3n) is 5.23. The number of ether oxygens (including phenoxy) is 2. The summed E-state index contributed by atoms with van der Waals surface area (Å²) >= 11 is 0. The molecule has 2 aromatic rings. The Hall–Kier alpha value is -2.01. The zero-order chi connectivity index (χ0) is 16.5. The van der Waals surface area contributed by atoms with E-state index in [4.69, 9.17) is 9.47 Å². The normalized spacial score (nSPS) is 24.5. The highest BCUT2D eigenvalue weighted by Crippen LogP contribution is 2.31. The Morgan fingerprint density at radius 1 is 1.29 bits per heavy atom. The van der Waals surface area contributed by atoms with Crippen LogP contribution in [0.25, 0.3) is 10.9 Å². The third kappa shape index (κ3) is 2.88. The van der Waals surface area contributed by atoms with Crippen molar-refractivity contribution in [3.63, 3.8) is 0 Å². The van der Waals surface area contributed by atoms with E-state index in [0.717, 1.165) is 62.0 Å². The van der Waals surface area contributed by atoms with Crippen molar-refractivity contribution in [3.8, 4) is 5.75 Å². The average Bonchev–Trinajstić information content (AvgIpc) is 3.30. The molecule has 0 radical (unpaired) electrons. The van der Waals surface area contributed by atoms with E-state index in [2.05, 4.69) is 17.1 Å². The number of benzene rings is 1. The van der Waals surface area contributed by atoms with Gasteiger partial charge in [0.25, 0.3) is 5.91 Å². The Bertz CT molecular complexity index is 733. The summed E-state index contributed by atoms with van der Waals surface area (Å²) in [6, 6.07) is 8.27. The van der Waals surface area contributed by atoms with Gasteiger partial charge in [-0.15, -0.1) is 0 Å². The van der Waals surface area contributed by atoms with Crippen LogP contribution in [0.2, 0.25) is 0 Å². The van der Waals surface area contributed by atoms with E-state index in [9.17, 15) is 4.79 Å². The number of carbonyl (C=O) groups is 1. The highest BCUT2D eigenvalue weighted by atomic mass is 16.5. The lowest BCUT2D eigenvalue weighted by Gasteiger charge is -2.33. The standard InChI is InChI=1S/C19H24N2O3/c1-23-15-6-7-16-14(10-15)11-17(20-16)13-4-2-8-21(12-13)19(22)18-5-3-9-24-18/h6-7,10-11,13,18,20H,2-5,8-9,12H2,1H3. The van der Waals surface area contributed by atoms with Gasteiger partial charge >= 0.3 is 0 Å². The van der Waals surface area contributed by atoms with E-state index in [0.29, 0.717) is 5.92 Å². The SMILES string of the molecule is COc1ccc2[nH]c(C3CCCN(C(=O)C4CCCO4)C3)cc2c1. The van der Waals surface area contributed by atoms with Crippen LogP contribution in [0.15, 0.2) is 24.3 Å². The van der Waals surface area contributed by atoms with Crippen molar-refractivity contribution in [2.75, 3.05) is 26.8 Å². The highest BCUT2D eigenvalue weighted by molar-refractivity contribution is 5.83. The predicted octanol–water partition coefficient (Wildman–Crippen LogP) is 3.06. The Morgan fingerprint density at radius 2 is 2.21 bits per heavy atom. The summed E-state index contributed by atoms with van der Waals surface area (Å²) in [5.41, 5.74) is 2.33. The maximum absolute atomic E-state index is 12.6. The van der Waals surface area contributed by atoms with Crippen molar-refractivity contribution in [2.45, 2.75) is 37.7 Å². The van der Waals surface area contributed by atoms with E-state index in [1.165, 1.54) is 5.69 Å². The first-order chi connectivity index (χ1) is 11.7. The second-order valence-electron chi connectivity index (χ2n) is 6.80. The molecule has 2 atom stereocenters. The summed E-state index contributed by atoms with van der Waals surface area (Å²) in [4.78, 5) is 18.1. The molecule has 5 nitrogen and oxygen atoms in total. The quantitative estimate of drug-likeness (QED) is 0.942. The van der Waals surface area contributed by atoms with Gasteiger partial charge in [0, 0.05) is 42.2 Å². The largest absolute Gasteiger partial charge is 0.497 e. The molecule has 2 unspecified atom stereocenters. The second-order valence-corrected chi connectivity index (χ2v) is 6.80. The van der Waals surface area contributed by atoms with Crippen LogP contribution in [0.1, 0.15) is 37.3 Å². The zero-order valence-electron chi connectivity index (χ0n) is 14.1. The van der Waals surface area contributed by atoms with Crippen LogP contribution in [0.5, 0.6) is 5.75 Å². The molecule has 0 aliphatic carbocycles. The number of rotatable bonds is 3. The fourth-order valence-corrected chi connectivity index (χ4v) is 3.89. The topological polar surface area (TPSA) is 54.6 Å². The van der Waals surface area contributed by atoms with Gasteiger partial charge in [-0.25, -0.2) is 0 Å². The van der Waals surface area contributed by atoms with E-state index in [-0.39, 0.29) is 12.0 Å². The summed E-state index contributed by atoms with van der Waals surface area (Å²) in [6.07, 6.45) is 3.81. The Balaban J connectivity index is 1.52. The number of hydrogen-bond donors (Lipinski definition) is 1. The second kappa shape index (κ2) is 6.48. The first-order valence-corrected chi connectivity index (χ1v) is 8.81. The molecule has 4 rings (SSSR count). The monoisotopic (exact) mass is 328 g/mol. The molecule has 1 amide bonds. The first kappa shape index (κ1) is 15.5. The number of nitrogens with zero attached hydrogens (tertiary/aromatic N) is 1. The number of aromatic nitrogens is 1. The van der Waals surface area contributed by atoms with Gasteiger partial charge in [-0.3, -0.25) is 4.79 Å². The van der Waals surface area contributed by atoms with Crippen LogP contribution in [-0.2, 0) is 9.53 Å². The van der Waals surface area contributed by atoms with Gasteiger partial charge in [0.05, 0.1) is 7.11 Å². The van der Waals surface area contributed by atoms with Crippen LogP contribution in [0.4, 0.5) is 0 Å². The Kier molecular flexibility index (Phi) is 4.19. The molecule has 3 heterocycles. The Labute approximate surface area is 141 Å². The molecule has 2 aliphatic heterocycles. The fraction of sp³-hybridized carbons (Fsp3) is 0.526. The lowest BCUT2D eigenvalue weighted by molar-refractivity contribution is -0.142. The van der Waals surface area contributed by atoms with Gasteiger partial charge in [0.15, 0.2) is 0 Å². The van der Waals surface area contributed by atoms with Crippen LogP contribution in [-0.4, -0.2) is 48.7 Å². The van der Waals surface area contributed by atoms with Crippen LogP contribution in [0, 0.1) is 0 Å². The average molecular weight is 328 g/mol. The van der Waals surface area contributed by atoms with Crippen LogP contribution >= 0.6 is 0 Å². The molecule has 2 fully saturated rings. The number of aromatic amines is 1. The van der Waals surface area contributed by atoms with Gasteiger partial charge in [0.2, 0.25) is 0 Å². The summed E-state index contributed by atoms with van der Waals surface area (Å²) in [7, 11) is 1.68. The minimum atomic E-state index is -0.212. The highest BCUT2D eigenvalue weighted by Gasteiger charge is 2.32. The lowest BCUT2D eigenvalue weighted by Crippen LogP contribution is -2.44. The molecule has 1 aromatic heterocycles. The molecule has 24 heavy (non-hydrogen) atoms. The molecule has 0 saturated carbocycles. The number of amides is 1. The summed E-state index contributed by atoms with van der Waals surface area (Å²) in [5, 5.41) is 1.16. The smallest absolute Gasteiger partial charge is 0.251 e. The number of fused-ring (bicyclic) bond motifs is 1. The van der Waals surface area contributed by atoms with Crippen molar-refractivity contribution in [1.82, 2.24) is 9.88 Å². The summed E-state index contributed by atoms with van der Waals surface area (Å²) in [5.74, 6) is 1.41. The molecule has 2 saturated heterocycles. The minimum absolute atomic E-state index is 0.176. The molecule has 2 aliphatic rings. The van der Waals surface area contributed by atoms with Crippen molar-refractivity contribution >= 4 is 16.8 Å². The van der Waals surface area contributed by atoms with E-state index >= 15 is 0 Å². The molecule has 1 aromatic carbocycles. The van der Waals surface area contributed by atoms with Gasteiger partial charge in [-0.2, -0.15) is 0 Å². The van der Waals surface area contributed by atoms with Crippen molar-refractivity contribution < 1.29 is 14.3 Å². The number of carbonyl (C=O) groups excluding carboxylic acids is 1. The van der Waals surface area contributed by atoms with Crippen LogP contribution < -0.4 is 4.74 Å². The maximum atomic E-state index is 12.6. The van der Waals surface area contributed by atoms with Gasteiger partial charge < -0.3 is 19.4 Å². The van der Waals surface area contributed by atoms with E-state index < -0.39 is 0 Å². The van der Waals surface area contributed by atoms with Crippen molar-refractivity contribution in [1.29, 1.82) is 0 Å². The van der Waals surface area contributed by atoms with Gasteiger partial charge in [-0.05, 0) is 49.9 Å².